The molecule has 0 aliphatic rings. The third-order valence-corrected chi connectivity index (χ3v) is 2.44. The van der Waals surface area contributed by atoms with Gasteiger partial charge in [0.05, 0.1) is 0 Å². The van der Waals surface area contributed by atoms with Gasteiger partial charge in [-0.05, 0) is 12.5 Å². The number of allylic oxidation sites excluding steroid dienone is 4. The third-order valence-electron chi connectivity index (χ3n) is 1.18. The fourth-order valence-corrected chi connectivity index (χ4v) is 1.65. The molecule has 0 saturated heterocycles. The Labute approximate surface area is 81.0 Å². The van der Waals surface area contributed by atoms with Gasteiger partial charge in [-0.3, -0.25) is 0 Å². The van der Waals surface area contributed by atoms with Crippen LogP contribution in [0.1, 0.15) is 6.92 Å². The lowest BCUT2D eigenvalue weighted by atomic mass is 10.3. The van der Waals surface area contributed by atoms with E-state index in [-0.39, 0.29) is 0 Å². The highest BCUT2D eigenvalue weighted by Gasteiger charge is 1.98. The smallest absolute Gasteiger partial charge is 0.0477 e. The summed E-state index contributed by atoms with van der Waals surface area (Å²) in [4.78, 5) is 0. The molecule has 0 rings (SSSR count). The molecule has 0 bridgehead atoms. The van der Waals surface area contributed by atoms with E-state index in [2.05, 4.69) is 13.2 Å². The minimum Gasteiger partial charge on any atom is -0.362 e. The van der Waals surface area contributed by atoms with Crippen molar-refractivity contribution < 1.29 is 4.52 Å². The molecule has 0 N–H and O–H groups in total. The highest BCUT2D eigenvalue weighted by atomic mass is 35.5. The van der Waals surface area contributed by atoms with E-state index in [0.717, 1.165) is 18.3 Å². The summed E-state index contributed by atoms with van der Waals surface area (Å²) in [6.45, 7) is 9.96. The van der Waals surface area contributed by atoms with Crippen molar-refractivity contribution in [1.29, 1.82) is 0 Å². The number of rotatable bonds is 6. The first-order chi connectivity index (χ1) is 5.72. The molecule has 0 saturated carbocycles. The van der Waals surface area contributed by atoms with E-state index >= 15 is 0 Å². The number of hydrogen-bond donors (Lipinski definition) is 0. The first kappa shape index (κ1) is 11.9. The van der Waals surface area contributed by atoms with Crippen LogP contribution >= 0.6 is 20.4 Å². The van der Waals surface area contributed by atoms with Gasteiger partial charge in [-0.1, -0.05) is 36.9 Å². The molecule has 0 spiro atoms. The summed E-state index contributed by atoms with van der Waals surface area (Å²) in [6.07, 6.45) is 4.39. The quantitative estimate of drug-likeness (QED) is 0.366. The molecule has 0 aromatic rings. The first-order valence-electron chi connectivity index (χ1n) is 3.73. The zero-order valence-electron chi connectivity index (χ0n) is 7.27. The van der Waals surface area contributed by atoms with Crippen molar-refractivity contribution >= 4 is 20.4 Å². The van der Waals surface area contributed by atoms with Gasteiger partial charge in [0.25, 0.3) is 0 Å². The Morgan fingerprint density at radius 3 is 2.75 bits per heavy atom. The van der Waals surface area contributed by atoms with E-state index in [1.807, 2.05) is 13.0 Å². The molecule has 1 atom stereocenters. The van der Waals surface area contributed by atoms with Gasteiger partial charge in [0, 0.05) is 26.6 Å². The van der Waals surface area contributed by atoms with Crippen molar-refractivity contribution in [2.75, 3.05) is 12.8 Å². The van der Waals surface area contributed by atoms with E-state index in [9.17, 15) is 0 Å². The Hall–Kier alpha value is -0.100. The molecule has 0 aliphatic heterocycles. The van der Waals surface area contributed by atoms with Crippen LogP contribution in [0.25, 0.3) is 0 Å². The molecule has 0 heterocycles. The largest absolute Gasteiger partial charge is 0.362 e. The Morgan fingerprint density at radius 1 is 1.67 bits per heavy atom. The molecule has 0 radical (unpaired) electrons. The van der Waals surface area contributed by atoms with E-state index < -0.39 is 0 Å². The number of halogens is 1. The zero-order valence-corrected chi connectivity index (χ0v) is 9.03. The van der Waals surface area contributed by atoms with E-state index in [1.165, 1.54) is 0 Å². The lowest BCUT2D eigenvalue weighted by Crippen LogP contribution is -1.86. The van der Waals surface area contributed by atoms with E-state index in [0.29, 0.717) is 13.8 Å². The third kappa shape index (κ3) is 5.54. The fourth-order valence-electron chi connectivity index (χ4n) is 0.618. The van der Waals surface area contributed by atoms with Crippen molar-refractivity contribution in [2.24, 2.45) is 0 Å². The van der Waals surface area contributed by atoms with Crippen LogP contribution in [0.4, 0.5) is 0 Å². The maximum absolute atomic E-state index is 5.74. The van der Waals surface area contributed by atoms with Crippen LogP contribution in [0.2, 0.25) is 0 Å². The molecule has 0 aromatic heterocycles. The minimum absolute atomic E-state index is 0.454. The molecule has 1 unspecified atom stereocenters. The maximum Gasteiger partial charge on any atom is 0.0477 e. The van der Waals surface area contributed by atoms with Gasteiger partial charge in [0.2, 0.25) is 0 Å². The lowest BCUT2D eigenvalue weighted by molar-refractivity contribution is 0.390. The van der Waals surface area contributed by atoms with Crippen LogP contribution in [-0.2, 0) is 4.52 Å². The molecule has 68 valence electrons. The predicted molar refractivity (Wildman–Crippen MR) is 58.1 cm³/mol. The minimum atomic E-state index is 0.454. The summed E-state index contributed by atoms with van der Waals surface area (Å²) in [5, 5.41) is 0.571. The van der Waals surface area contributed by atoms with E-state index in [4.69, 9.17) is 16.1 Å². The fraction of sp³-hybridized carbons (Fsp3) is 0.333. The monoisotopic (exact) mass is 204 g/mol. The highest BCUT2D eigenvalue weighted by molar-refractivity contribution is 7.32. The molecule has 0 amide bonds. The summed E-state index contributed by atoms with van der Waals surface area (Å²) < 4.78 is 5.21. The van der Waals surface area contributed by atoms with E-state index in [1.54, 1.807) is 6.08 Å². The van der Waals surface area contributed by atoms with Gasteiger partial charge in [-0.15, -0.1) is 0 Å². The van der Waals surface area contributed by atoms with Gasteiger partial charge >= 0.3 is 0 Å². The Balaban J connectivity index is 3.89. The van der Waals surface area contributed by atoms with Crippen molar-refractivity contribution in [3.05, 3.63) is 35.9 Å². The second-order valence-corrected chi connectivity index (χ2v) is 3.47. The highest BCUT2D eigenvalue weighted by Crippen LogP contribution is 2.22. The molecule has 12 heavy (non-hydrogen) atoms. The molecular formula is C9H14ClOP. The average Bonchev–Trinajstić information content (AvgIpc) is 2.03. The standard InChI is InChI=1S/C9H14ClOP/c1-4-6-9(8(3)10)7-12-11-5-2/h4,6,12H,1,3,5,7H2,2H3/b9-6-. The summed E-state index contributed by atoms with van der Waals surface area (Å²) in [6, 6.07) is 0. The topological polar surface area (TPSA) is 9.23 Å². The van der Waals surface area contributed by atoms with Crippen LogP contribution in [0, 0.1) is 0 Å². The Bertz CT molecular complexity index is 187. The van der Waals surface area contributed by atoms with Crippen molar-refractivity contribution in [3.8, 4) is 0 Å². The van der Waals surface area contributed by atoms with Gasteiger partial charge in [-0.25, -0.2) is 0 Å². The SMILES string of the molecule is C=C/C=C(/CPOCC)C(=C)Cl. The van der Waals surface area contributed by atoms with Gasteiger partial charge in [0.1, 0.15) is 0 Å². The molecule has 0 aliphatic carbocycles. The van der Waals surface area contributed by atoms with Crippen LogP contribution in [-0.4, -0.2) is 12.8 Å². The van der Waals surface area contributed by atoms with Gasteiger partial charge in [0.15, 0.2) is 0 Å². The van der Waals surface area contributed by atoms with Gasteiger partial charge < -0.3 is 4.52 Å². The molecule has 3 heteroatoms. The van der Waals surface area contributed by atoms with Crippen LogP contribution in [0.5, 0.6) is 0 Å². The number of hydrogen-bond acceptors (Lipinski definition) is 1. The summed E-state index contributed by atoms with van der Waals surface area (Å²) in [7, 11) is 0.454. The Kier molecular flexibility index (Phi) is 7.48. The first-order valence-corrected chi connectivity index (χ1v) is 5.22. The molecular weight excluding hydrogens is 191 g/mol. The lowest BCUT2D eigenvalue weighted by Gasteiger charge is -2.03. The van der Waals surface area contributed by atoms with Crippen LogP contribution in [0.15, 0.2) is 35.9 Å². The molecule has 0 aromatic carbocycles. The van der Waals surface area contributed by atoms with Crippen LogP contribution in [0.3, 0.4) is 0 Å². The van der Waals surface area contributed by atoms with Gasteiger partial charge in [-0.2, -0.15) is 0 Å². The maximum atomic E-state index is 5.74. The van der Waals surface area contributed by atoms with Crippen molar-refractivity contribution in [1.82, 2.24) is 0 Å². The average molecular weight is 205 g/mol. The summed E-state index contributed by atoms with van der Waals surface area (Å²) in [5.41, 5.74) is 0.999. The predicted octanol–water partition coefficient (Wildman–Crippen LogP) is 3.48. The summed E-state index contributed by atoms with van der Waals surface area (Å²) in [5.74, 6) is 0. The Morgan fingerprint density at radius 2 is 2.33 bits per heavy atom. The van der Waals surface area contributed by atoms with Crippen molar-refractivity contribution in [3.63, 3.8) is 0 Å². The normalized spacial score (nSPS) is 12.3. The summed E-state index contributed by atoms with van der Waals surface area (Å²) >= 11 is 5.74. The molecule has 0 fully saturated rings. The van der Waals surface area contributed by atoms with Crippen molar-refractivity contribution in [2.45, 2.75) is 6.92 Å². The van der Waals surface area contributed by atoms with Crippen LogP contribution < -0.4 is 0 Å². The molecule has 1 nitrogen and oxygen atoms in total. The second-order valence-electron chi connectivity index (χ2n) is 2.09. The second kappa shape index (κ2) is 7.54. The zero-order chi connectivity index (χ0) is 9.40.